The summed E-state index contributed by atoms with van der Waals surface area (Å²) in [4.78, 5) is 21.6. The molecule has 1 saturated heterocycles. The Bertz CT molecular complexity index is 420. The molecule has 7 nitrogen and oxygen atoms in total. The fraction of sp³-hybridized carbons (Fsp3) is 0.444. The first-order chi connectivity index (χ1) is 8.22. The molecule has 0 aliphatic carbocycles. The number of hydrazine groups is 1. The van der Waals surface area contributed by atoms with Gasteiger partial charge in [0.15, 0.2) is 5.69 Å². The number of rotatable bonds is 2. The van der Waals surface area contributed by atoms with Gasteiger partial charge in [0, 0.05) is 26.2 Å². The highest BCUT2D eigenvalue weighted by Crippen LogP contribution is 2.16. The van der Waals surface area contributed by atoms with Gasteiger partial charge in [-0.15, -0.1) is 0 Å². The zero-order valence-corrected chi connectivity index (χ0v) is 9.87. The molecule has 1 aliphatic heterocycles. The van der Waals surface area contributed by atoms with E-state index >= 15 is 0 Å². The first-order valence-electron chi connectivity index (χ1n) is 5.21. The molecular formula is C9H13ClN6O. The molecule has 0 bridgehead atoms. The SMILES string of the molecule is NNc1ncc(Cl)c(C(=O)N2CCNCC2)n1. The van der Waals surface area contributed by atoms with E-state index in [0.29, 0.717) is 13.1 Å². The van der Waals surface area contributed by atoms with E-state index in [1.807, 2.05) is 0 Å². The summed E-state index contributed by atoms with van der Waals surface area (Å²) in [5, 5.41) is 3.40. The maximum atomic E-state index is 12.1. The number of carbonyl (C=O) groups is 1. The van der Waals surface area contributed by atoms with Gasteiger partial charge >= 0.3 is 0 Å². The second-order valence-corrected chi connectivity index (χ2v) is 3.98. The predicted molar refractivity (Wildman–Crippen MR) is 63.6 cm³/mol. The highest BCUT2D eigenvalue weighted by molar-refractivity contribution is 6.33. The van der Waals surface area contributed by atoms with Crippen molar-refractivity contribution in [1.82, 2.24) is 20.2 Å². The molecule has 2 rings (SSSR count). The van der Waals surface area contributed by atoms with Crippen LogP contribution in [0.25, 0.3) is 0 Å². The van der Waals surface area contributed by atoms with Gasteiger partial charge in [-0.1, -0.05) is 11.6 Å². The third-order valence-corrected chi connectivity index (χ3v) is 2.76. The number of anilines is 1. The average Bonchev–Trinajstić information content (AvgIpc) is 2.39. The van der Waals surface area contributed by atoms with Crippen LogP contribution in [-0.4, -0.2) is 47.0 Å². The summed E-state index contributed by atoms with van der Waals surface area (Å²) in [5.41, 5.74) is 2.47. The minimum Gasteiger partial charge on any atom is -0.335 e. The maximum absolute atomic E-state index is 12.1. The lowest BCUT2D eigenvalue weighted by molar-refractivity contribution is 0.0730. The van der Waals surface area contributed by atoms with Crippen LogP contribution in [0.2, 0.25) is 5.02 Å². The van der Waals surface area contributed by atoms with Gasteiger partial charge in [-0.25, -0.2) is 15.8 Å². The topological polar surface area (TPSA) is 96.2 Å². The van der Waals surface area contributed by atoms with Gasteiger partial charge in [-0.2, -0.15) is 0 Å². The molecule has 0 radical (unpaired) electrons. The van der Waals surface area contributed by atoms with Gasteiger partial charge in [-0.3, -0.25) is 10.2 Å². The Morgan fingerprint density at radius 3 is 2.88 bits per heavy atom. The highest BCUT2D eigenvalue weighted by atomic mass is 35.5. The van der Waals surface area contributed by atoms with E-state index < -0.39 is 0 Å². The van der Waals surface area contributed by atoms with Crippen LogP contribution in [0.1, 0.15) is 10.5 Å². The summed E-state index contributed by atoms with van der Waals surface area (Å²) >= 11 is 5.91. The molecule has 2 heterocycles. The molecule has 1 amide bonds. The second kappa shape index (κ2) is 5.26. The summed E-state index contributed by atoms with van der Waals surface area (Å²) in [6.45, 7) is 2.84. The fourth-order valence-corrected chi connectivity index (χ4v) is 1.78. The predicted octanol–water partition coefficient (Wildman–Crippen LogP) is -0.539. The third-order valence-electron chi connectivity index (χ3n) is 2.48. The van der Waals surface area contributed by atoms with Gasteiger partial charge in [-0.05, 0) is 0 Å². The van der Waals surface area contributed by atoms with Crippen molar-refractivity contribution in [2.24, 2.45) is 5.84 Å². The molecule has 1 aliphatic rings. The van der Waals surface area contributed by atoms with Crippen LogP contribution >= 0.6 is 11.6 Å². The van der Waals surface area contributed by atoms with Crippen molar-refractivity contribution in [2.45, 2.75) is 0 Å². The summed E-state index contributed by atoms with van der Waals surface area (Å²) in [6.07, 6.45) is 1.36. The molecule has 1 aromatic rings. The molecule has 0 spiro atoms. The maximum Gasteiger partial charge on any atom is 0.274 e. The van der Waals surface area contributed by atoms with Gasteiger partial charge in [0.2, 0.25) is 5.95 Å². The fourth-order valence-electron chi connectivity index (χ4n) is 1.60. The van der Waals surface area contributed by atoms with Crippen molar-refractivity contribution in [2.75, 3.05) is 31.6 Å². The smallest absolute Gasteiger partial charge is 0.274 e. The van der Waals surface area contributed by atoms with E-state index in [-0.39, 0.29) is 22.6 Å². The number of nitrogen functional groups attached to an aromatic ring is 1. The Balaban J connectivity index is 2.22. The summed E-state index contributed by atoms with van der Waals surface area (Å²) < 4.78 is 0. The van der Waals surface area contributed by atoms with Crippen LogP contribution < -0.4 is 16.6 Å². The lowest BCUT2D eigenvalue weighted by atomic mass is 10.3. The van der Waals surface area contributed by atoms with Gasteiger partial charge in [0.05, 0.1) is 11.2 Å². The third kappa shape index (κ3) is 2.63. The van der Waals surface area contributed by atoms with E-state index in [2.05, 4.69) is 20.7 Å². The number of aromatic nitrogens is 2. The number of nitrogens with two attached hydrogens (primary N) is 1. The molecule has 1 aromatic heterocycles. The van der Waals surface area contributed by atoms with Crippen LogP contribution in [0.5, 0.6) is 0 Å². The molecule has 92 valence electrons. The normalized spacial score (nSPS) is 15.8. The first-order valence-corrected chi connectivity index (χ1v) is 5.59. The summed E-state index contributed by atoms with van der Waals surface area (Å²) in [5.74, 6) is 5.17. The molecule has 4 N–H and O–H groups in total. The zero-order chi connectivity index (χ0) is 12.3. The molecule has 0 unspecified atom stereocenters. The molecular weight excluding hydrogens is 244 g/mol. The lowest BCUT2D eigenvalue weighted by Crippen LogP contribution is -2.46. The lowest BCUT2D eigenvalue weighted by Gasteiger charge is -2.27. The first kappa shape index (κ1) is 12.0. The summed E-state index contributed by atoms with van der Waals surface area (Å²) in [7, 11) is 0. The Labute approximate surface area is 103 Å². The number of piperazine rings is 1. The van der Waals surface area contributed by atoms with Crippen molar-refractivity contribution in [3.05, 3.63) is 16.9 Å². The van der Waals surface area contributed by atoms with Crippen molar-refractivity contribution in [3.8, 4) is 0 Å². The van der Waals surface area contributed by atoms with E-state index in [4.69, 9.17) is 17.4 Å². The number of hydrogen-bond donors (Lipinski definition) is 3. The molecule has 0 saturated carbocycles. The van der Waals surface area contributed by atoms with Crippen LogP contribution in [-0.2, 0) is 0 Å². The van der Waals surface area contributed by atoms with Crippen molar-refractivity contribution < 1.29 is 4.79 Å². The van der Waals surface area contributed by atoms with E-state index in [9.17, 15) is 4.79 Å². The average molecular weight is 257 g/mol. The van der Waals surface area contributed by atoms with Crippen molar-refractivity contribution >= 4 is 23.5 Å². The standard InChI is InChI=1S/C9H13ClN6O/c10-6-5-13-9(15-11)14-7(6)8(17)16-3-1-12-2-4-16/h5,12H,1-4,11H2,(H,13,14,15). The quantitative estimate of drug-likeness (QED) is 0.486. The largest absolute Gasteiger partial charge is 0.335 e. The molecule has 1 fully saturated rings. The van der Waals surface area contributed by atoms with Crippen LogP contribution in [0, 0.1) is 0 Å². The number of amides is 1. The molecule has 17 heavy (non-hydrogen) atoms. The van der Waals surface area contributed by atoms with Gasteiger partial charge in [0.25, 0.3) is 5.91 Å². The van der Waals surface area contributed by atoms with Crippen molar-refractivity contribution in [3.63, 3.8) is 0 Å². The van der Waals surface area contributed by atoms with E-state index in [1.54, 1.807) is 4.90 Å². The highest BCUT2D eigenvalue weighted by Gasteiger charge is 2.22. The Morgan fingerprint density at radius 1 is 1.53 bits per heavy atom. The number of carbonyl (C=O) groups excluding carboxylic acids is 1. The molecule has 8 heteroatoms. The Morgan fingerprint density at radius 2 is 2.24 bits per heavy atom. The van der Waals surface area contributed by atoms with Gasteiger partial charge in [0.1, 0.15) is 0 Å². The number of hydrogen-bond acceptors (Lipinski definition) is 6. The van der Waals surface area contributed by atoms with Crippen LogP contribution in [0.15, 0.2) is 6.20 Å². The monoisotopic (exact) mass is 256 g/mol. The minimum atomic E-state index is -0.199. The van der Waals surface area contributed by atoms with Crippen molar-refractivity contribution in [1.29, 1.82) is 0 Å². The van der Waals surface area contributed by atoms with Crippen LogP contribution in [0.4, 0.5) is 5.95 Å². The Hall–Kier alpha value is -1.44. The van der Waals surface area contributed by atoms with Crippen LogP contribution in [0.3, 0.4) is 0 Å². The summed E-state index contributed by atoms with van der Waals surface area (Å²) in [6, 6.07) is 0. The number of nitrogens with one attached hydrogen (secondary N) is 2. The Kier molecular flexibility index (Phi) is 3.72. The van der Waals surface area contributed by atoms with E-state index in [1.165, 1.54) is 6.20 Å². The minimum absolute atomic E-state index is 0.174. The second-order valence-electron chi connectivity index (χ2n) is 3.58. The van der Waals surface area contributed by atoms with Gasteiger partial charge < -0.3 is 10.2 Å². The zero-order valence-electron chi connectivity index (χ0n) is 9.11. The molecule has 0 atom stereocenters. The number of nitrogens with zero attached hydrogens (tertiary/aromatic N) is 3. The number of halogens is 1. The molecule has 0 aromatic carbocycles. The van der Waals surface area contributed by atoms with E-state index in [0.717, 1.165) is 13.1 Å².